The van der Waals surface area contributed by atoms with Gasteiger partial charge in [0.1, 0.15) is 5.69 Å². The molecule has 5 nitrogen and oxygen atoms in total. The Morgan fingerprint density at radius 2 is 1.79 bits per heavy atom. The molecular weight excluding hydrogens is 374 g/mol. The third kappa shape index (κ3) is 2.78. The number of rotatable bonds is 4. The number of hydrogen-bond donors (Lipinski definition) is 2. The van der Waals surface area contributed by atoms with E-state index in [2.05, 4.69) is 4.98 Å². The highest BCUT2D eigenvalue weighted by Gasteiger charge is 2.21. The van der Waals surface area contributed by atoms with E-state index in [1.807, 2.05) is 66.7 Å². The van der Waals surface area contributed by atoms with Crippen molar-refractivity contribution in [3.8, 4) is 22.6 Å². The molecule has 0 spiro atoms. The zero-order valence-electron chi connectivity index (χ0n) is 14.6. The van der Waals surface area contributed by atoms with Gasteiger partial charge in [0.15, 0.2) is 11.5 Å². The smallest absolute Gasteiger partial charge is 0.353 e. The predicted molar refractivity (Wildman–Crippen MR) is 107 cm³/mol. The predicted octanol–water partition coefficient (Wildman–Crippen LogP) is 5.41. The van der Waals surface area contributed by atoms with Gasteiger partial charge < -0.3 is 19.6 Å². The van der Waals surface area contributed by atoms with Crippen molar-refractivity contribution in [2.24, 2.45) is 0 Å². The van der Waals surface area contributed by atoms with E-state index in [0.29, 0.717) is 16.4 Å². The van der Waals surface area contributed by atoms with Crippen molar-refractivity contribution >= 4 is 28.6 Å². The van der Waals surface area contributed by atoms with Crippen molar-refractivity contribution in [1.82, 2.24) is 4.98 Å². The van der Waals surface area contributed by atoms with Gasteiger partial charge in [-0.1, -0.05) is 54.2 Å². The van der Waals surface area contributed by atoms with Crippen molar-refractivity contribution in [3.63, 3.8) is 0 Å². The van der Waals surface area contributed by atoms with E-state index in [0.717, 1.165) is 26.9 Å². The van der Waals surface area contributed by atoms with E-state index >= 15 is 0 Å². The summed E-state index contributed by atoms with van der Waals surface area (Å²) in [6, 6.07) is 21.4. The molecule has 0 fully saturated rings. The lowest BCUT2D eigenvalue weighted by Gasteiger charge is -2.06. The molecule has 3 aromatic carbocycles. The van der Waals surface area contributed by atoms with Gasteiger partial charge in [0.25, 0.3) is 0 Å². The maximum atomic E-state index is 11.9. The van der Waals surface area contributed by atoms with Gasteiger partial charge in [-0.05, 0) is 29.8 Å². The molecule has 1 aliphatic rings. The van der Waals surface area contributed by atoms with Crippen molar-refractivity contribution in [1.29, 1.82) is 0 Å². The van der Waals surface area contributed by atoms with Gasteiger partial charge in [0, 0.05) is 15.8 Å². The molecule has 5 rings (SSSR count). The standard InChI is InChI=1S/C22H15NO4S/c24-22(25)20-21(28-14-5-2-1-3-6-14)16-8-4-7-15(19(16)23-20)13-9-10-17-18(11-13)27-12-26-17/h1-11,23H,12H2,(H,24,25). The Balaban J connectivity index is 1.68. The summed E-state index contributed by atoms with van der Waals surface area (Å²) in [4.78, 5) is 16.7. The number of fused-ring (bicyclic) bond motifs is 2. The summed E-state index contributed by atoms with van der Waals surface area (Å²) in [7, 11) is 0. The number of aromatic carboxylic acids is 1. The second-order valence-corrected chi connectivity index (χ2v) is 7.43. The van der Waals surface area contributed by atoms with Crippen molar-refractivity contribution < 1.29 is 19.4 Å². The number of aromatic nitrogens is 1. The highest BCUT2D eigenvalue weighted by molar-refractivity contribution is 7.99. The minimum atomic E-state index is -0.980. The number of benzene rings is 3. The number of ether oxygens (including phenoxy) is 2. The van der Waals surface area contributed by atoms with Crippen LogP contribution in [0.1, 0.15) is 10.5 Å². The van der Waals surface area contributed by atoms with E-state index in [9.17, 15) is 9.90 Å². The van der Waals surface area contributed by atoms with Crippen molar-refractivity contribution in [3.05, 3.63) is 72.4 Å². The highest BCUT2D eigenvalue weighted by atomic mass is 32.2. The van der Waals surface area contributed by atoms with Gasteiger partial charge in [-0.3, -0.25) is 0 Å². The lowest BCUT2D eigenvalue weighted by molar-refractivity contribution is 0.0687. The SMILES string of the molecule is O=C(O)c1[nH]c2c(-c3ccc4c(c3)OCO4)cccc2c1Sc1ccccc1. The van der Waals surface area contributed by atoms with E-state index in [1.54, 1.807) is 0 Å². The fraction of sp³-hybridized carbons (Fsp3) is 0.0455. The largest absolute Gasteiger partial charge is 0.477 e. The molecule has 2 heterocycles. The van der Waals surface area contributed by atoms with Crippen LogP contribution >= 0.6 is 11.8 Å². The second kappa shape index (κ2) is 6.65. The summed E-state index contributed by atoms with van der Waals surface area (Å²) < 4.78 is 10.9. The molecule has 0 aliphatic carbocycles. The summed E-state index contributed by atoms with van der Waals surface area (Å²) >= 11 is 1.45. The van der Waals surface area contributed by atoms with Gasteiger partial charge in [0.05, 0.1) is 10.4 Å². The summed E-state index contributed by atoms with van der Waals surface area (Å²) in [6.07, 6.45) is 0. The molecule has 138 valence electrons. The molecule has 1 aromatic heterocycles. The van der Waals surface area contributed by atoms with Gasteiger partial charge >= 0.3 is 5.97 Å². The monoisotopic (exact) mass is 389 g/mol. The molecule has 0 atom stereocenters. The van der Waals surface area contributed by atoms with E-state index in [1.165, 1.54) is 11.8 Å². The Hall–Kier alpha value is -3.38. The Labute approximate surface area is 164 Å². The number of nitrogens with one attached hydrogen (secondary N) is 1. The number of carboxylic acid groups (broad SMARTS) is 1. The third-order valence-corrected chi connectivity index (χ3v) is 5.78. The zero-order valence-corrected chi connectivity index (χ0v) is 15.5. The van der Waals surface area contributed by atoms with Crippen molar-refractivity contribution in [2.75, 3.05) is 6.79 Å². The Morgan fingerprint density at radius 3 is 2.61 bits per heavy atom. The lowest BCUT2D eigenvalue weighted by atomic mass is 10.0. The van der Waals surface area contributed by atoms with E-state index < -0.39 is 5.97 Å². The van der Waals surface area contributed by atoms with Crippen LogP contribution < -0.4 is 9.47 Å². The molecule has 0 saturated heterocycles. The Morgan fingerprint density at radius 1 is 0.964 bits per heavy atom. The van der Waals surface area contributed by atoms with Crippen LogP contribution in [0.5, 0.6) is 11.5 Å². The van der Waals surface area contributed by atoms with E-state index in [4.69, 9.17) is 9.47 Å². The molecule has 0 saturated carbocycles. The van der Waals surface area contributed by atoms with Crippen LogP contribution in [0.3, 0.4) is 0 Å². The number of H-pyrrole nitrogens is 1. The first-order valence-electron chi connectivity index (χ1n) is 8.71. The number of carbonyl (C=O) groups is 1. The van der Waals surface area contributed by atoms with Crippen molar-refractivity contribution in [2.45, 2.75) is 9.79 Å². The van der Waals surface area contributed by atoms with Crippen LogP contribution in [0, 0.1) is 0 Å². The molecule has 0 unspecified atom stereocenters. The number of carboxylic acids is 1. The maximum Gasteiger partial charge on any atom is 0.353 e. The normalized spacial score (nSPS) is 12.4. The average Bonchev–Trinajstić information content (AvgIpc) is 3.33. The molecule has 6 heteroatoms. The molecule has 2 N–H and O–H groups in total. The summed E-state index contributed by atoms with van der Waals surface area (Å²) in [5, 5.41) is 10.6. The lowest BCUT2D eigenvalue weighted by Crippen LogP contribution is -1.98. The van der Waals surface area contributed by atoms with Gasteiger partial charge in [-0.25, -0.2) is 4.79 Å². The fourth-order valence-corrected chi connectivity index (χ4v) is 4.41. The number of aromatic amines is 1. The second-order valence-electron chi connectivity index (χ2n) is 6.35. The minimum Gasteiger partial charge on any atom is -0.477 e. The quantitative estimate of drug-likeness (QED) is 0.488. The molecule has 0 radical (unpaired) electrons. The highest BCUT2D eigenvalue weighted by Crippen LogP contribution is 2.42. The van der Waals surface area contributed by atoms with Crippen LogP contribution in [-0.4, -0.2) is 22.9 Å². The van der Waals surface area contributed by atoms with Crippen LogP contribution in [0.15, 0.2) is 76.5 Å². The van der Waals surface area contributed by atoms with Gasteiger partial charge in [0.2, 0.25) is 6.79 Å². The molecule has 1 aliphatic heterocycles. The van der Waals surface area contributed by atoms with Crippen LogP contribution in [0.25, 0.3) is 22.0 Å². The molecule has 28 heavy (non-hydrogen) atoms. The Bertz CT molecular complexity index is 1200. The Kier molecular flexibility index (Phi) is 3.98. The average molecular weight is 389 g/mol. The summed E-state index contributed by atoms with van der Waals surface area (Å²) in [6.45, 7) is 0.215. The first kappa shape index (κ1) is 16.8. The first-order chi connectivity index (χ1) is 13.7. The van der Waals surface area contributed by atoms with Crippen LogP contribution in [0.2, 0.25) is 0 Å². The minimum absolute atomic E-state index is 0.192. The molecule has 0 amide bonds. The number of hydrogen-bond acceptors (Lipinski definition) is 4. The fourth-order valence-electron chi connectivity index (χ4n) is 3.36. The van der Waals surface area contributed by atoms with Gasteiger partial charge in [-0.15, -0.1) is 0 Å². The summed E-state index contributed by atoms with van der Waals surface area (Å²) in [5.41, 5.74) is 2.83. The summed E-state index contributed by atoms with van der Waals surface area (Å²) in [5.74, 6) is 0.429. The zero-order chi connectivity index (χ0) is 19.1. The van der Waals surface area contributed by atoms with Gasteiger partial charge in [-0.2, -0.15) is 0 Å². The number of para-hydroxylation sites is 1. The van der Waals surface area contributed by atoms with Crippen LogP contribution in [-0.2, 0) is 0 Å². The third-order valence-electron chi connectivity index (χ3n) is 4.65. The van der Waals surface area contributed by atoms with Crippen LogP contribution in [0.4, 0.5) is 0 Å². The molecule has 4 aromatic rings. The van der Waals surface area contributed by atoms with E-state index in [-0.39, 0.29) is 12.5 Å². The molecular formula is C22H15NO4S. The maximum absolute atomic E-state index is 11.9. The first-order valence-corrected chi connectivity index (χ1v) is 9.53. The molecule has 0 bridgehead atoms. The topological polar surface area (TPSA) is 71.5 Å².